The summed E-state index contributed by atoms with van der Waals surface area (Å²) in [6.45, 7) is 4.14. The van der Waals surface area contributed by atoms with Crippen LogP contribution in [0.3, 0.4) is 0 Å². The van der Waals surface area contributed by atoms with E-state index in [0.717, 1.165) is 5.69 Å². The highest BCUT2D eigenvalue weighted by molar-refractivity contribution is 5.93. The molecule has 2 N–H and O–H groups in total. The minimum atomic E-state index is -0.697. The van der Waals surface area contributed by atoms with Crippen LogP contribution in [0.1, 0.15) is 13.8 Å². The van der Waals surface area contributed by atoms with Crippen LogP contribution in [-0.4, -0.2) is 17.3 Å². The summed E-state index contributed by atoms with van der Waals surface area (Å²) in [5.41, 5.74) is 0.372. The Bertz CT molecular complexity index is 480. The fraction of sp³-hybridized carbons (Fsp3) is 0.286. The van der Waals surface area contributed by atoms with Gasteiger partial charge in [-0.3, -0.25) is 0 Å². The van der Waals surface area contributed by atoms with E-state index in [4.69, 9.17) is 0 Å². The van der Waals surface area contributed by atoms with Crippen LogP contribution in [0.25, 0.3) is 10.8 Å². The Morgan fingerprint density at radius 1 is 1.06 bits per heavy atom. The van der Waals surface area contributed by atoms with Crippen molar-refractivity contribution in [2.75, 3.05) is 11.9 Å². The molecule has 84 valence electrons. The highest BCUT2D eigenvalue weighted by atomic mass is 16.3. The number of anilines is 1. The van der Waals surface area contributed by atoms with Crippen LogP contribution in [0, 0.1) is 0 Å². The molecule has 0 aromatic heterocycles. The van der Waals surface area contributed by atoms with E-state index in [2.05, 4.69) is 23.5 Å². The molecule has 0 amide bonds. The Morgan fingerprint density at radius 3 is 2.50 bits per heavy atom. The van der Waals surface area contributed by atoms with E-state index in [1.54, 1.807) is 13.8 Å². The molecule has 2 aromatic rings. The molecular weight excluding hydrogens is 198 g/mol. The molecule has 0 heterocycles. The topological polar surface area (TPSA) is 32.3 Å². The first kappa shape index (κ1) is 11.0. The molecule has 0 spiro atoms. The number of fused-ring (bicyclic) bond motifs is 1. The number of hydrogen-bond acceptors (Lipinski definition) is 2. The van der Waals surface area contributed by atoms with Crippen molar-refractivity contribution in [2.45, 2.75) is 19.4 Å². The quantitative estimate of drug-likeness (QED) is 0.824. The van der Waals surface area contributed by atoms with Crippen molar-refractivity contribution in [3.8, 4) is 0 Å². The van der Waals surface area contributed by atoms with Gasteiger partial charge in [-0.2, -0.15) is 0 Å². The summed E-state index contributed by atoms with van der Waals surface area (Å²) in [5.74, 6) is 0. The molecule has 2 aromatic carbocycles. The second-order valence-corrected chi connectivity index (χ2v) is 4.69. The number of rotatable bonds is 3. The standard InChI is InChI=1S/C14H17NO/c1-14(2,16)10-15-13-9-5-7-11-6-3-4-8-12(11)13/h3-9,15-16H,10H2,1-2H3. The molecule has 16 heavy (non-hydrogen) atoms. The maximum atomic E-state index is 9.69. The van der Waals surface area contributed by atoms with Gasteiger partial charge in [0.25, 0.3) is 0 Å². The van der Waals surface area contributed by atoms with Gasteiger partial charge in [-0.1, -0.05) is 36.4 Å². The van der Waals surface area contributed by atoms with Crippen molar-refractivity contribution in [3.05, 3.63) is 42.5 Å². The van der Waals surface area contributed by atoms with Crippen LogP contribution in [-0.2, 0) is 0 Å². The lowest BCUT2D eigenvalue weighted by molar-refractivity contribution is 0.0945. The van der Waals surface area contributed by atoms with E-state index in [-0.39, 0.29) is 0 Å². The molecule has 0 aliphatic carbocycles. The van der Waals surface area contributed by atoms with Crippen LogP contribution >= 0.6 is 0 Å². The Hall–Kier alpha value is -1.54. The molecule has 0 unspecified atom stereocenters. The lowest BCUT2D eigenvalue weighted by Gasteiger charge is -2.19. The summed E-state index contributed by atoms with van der Waals surface area (Å²) in [7, 11) is 0. The van der Waals surface area contributed by atoms with E-state index < -0.39 is 5.60 Å². The van der Waals surface area contributed by atoms with Crippen molar-refractivity contribution < 1.29 is 5.11 Å². The summed E-state index contributed by atoms with van der Waals surface area (Å²) in [5, 5.41) is 15.4. The van der Waals surface area contributed by atoms with Crippen LogP contribution < -0.4 is 5.32 Å². The van der Waals surface area contributed by atoms with Gasteiger partial charge in [0.15, 0.2) is 0 Å². The van der Waals surface area contributed by atoms with E-state index in [0.29, 0.717) is 6.54 Å². The fourth-order valence-corrected chi connectivity index (χ4v) is 1.69. The minimum absolute atomic E-state index is 0.543. The summed E-state index contributed by atoms with van der Waals surface area (Å²) in [6, 6.07) is 14.4. The lowest BCUT2D eigenvalue weighted by atomic mass is 10.1. The monoisotopic (exact) mass is 215 g/mol. The van der Waals surface area contributed by atoms with E-state index >= 15 is 0 Å². The molecule has 2 rings (SSSR count). The normalized spacial score (nSPS) is 11.7. The van der Waals surface area contributed by atoms with Crippen molar-refractivity contribution in [1.82, 2.24) is 0 Å². The molecule has 2 heteroatoms. The second kappa shape index (κ2) is 4.14. The Morgan fingerprint density at radius 2 is 1.75 bits per heavy atom. The third kappa shape index (κ3) is 2.52. The molecular formula is C14H17NO. The zero-order valence-corrected chi connectivity index (χ0v) is 9.70. The van der Waals surface area contributed by atoms with E-state index in [1.807, 2.05) is 24.3 Å². The third-order valence-electron chi connectivity index (χ3n) is 2.50. The highest BCUT2D eigenvalue weighted by Gasteiger charge is 2.12. The number of nitrogens with one attached hydrogen (secondary N) is 1. The first-order valence-electron chi connectivity index (χ1n) is 5.50. The summed E-state index contributed by atoms with van der Waals surface area (Å²) in [6.07, 6.45) is 0. The molecule has 0 atom stereocenters. The largest absolute Gasteiger partial charge is 0.389 e. The summed E-state index contributed by atoms with van der Waals surface area (Å²) in [4.78, 5) is 0. The lowest BCUT2D eigenvalue weighted by Crippen LogP contribution is -2.29. The second-order valence-electron chi connectivity index (χ2n) is 4.69. The van der Waals surface area contributed by atoms with E-state index in [1.165, 1.54) is 10.8 Å². The maximum Gasteiger partial charge on any atom is 0.0763 e. The van der Waals surface area contributed by atoms with Crippen LogP contribution in [0.5, 0.6) is 0 Å². The smallest absolute Gasteiger partial charge is 0.0763 e. The number of hydrogen-bond donors (Lipinski definition) is 2. The Balaban J connectivity index is 2.30. The third-order valence-corrected chi connectivity index (χ3v) is 2.50. The molecule has 0 fully saturated rings. The Labute approximate surface area is 95.9 Å². The van der Waals surface area contributed by atoms with Crippen molar-refractivity contribution in [3.63, 3.8) is 0 Å². The first-order chi connectivity index (χ1) is 7.56. The summed E-state index contributed by atoms with van der Waals surface area (Å²) < 4.78 is 0. The maximum absolute atomic E-state index is 9.69. The molecule has 2 nitrogen and oxygen atoms in total. The molecule has 0 radical (unpaired) electrons. The fourth-order valence-electron chi connectivity index (χ4n) is 1.69. The summed E-state index contributed by atoms with van der Waals surface area (Å²) >= 11 is 0. The van der Waals surface area contributed by atoms with Crippen LogP contribution in [0.4, 0.5) is 5.69 Å². The molecule has 0 bridgehead atoms. The minimum Gasteiger partial charge on any atom is -0.389 e. The zero-order chi connectivity index (χ0) is 11.6. The zero-order valence-electron chi connectivity index (χ0n) is 9.70. The van der Waals surface area contributed by atoms with Crippen molar-refractivity contribution in [2.24, 2.45) is 0 Å². The van der Waals surface area contributed by atoms with Gasteiger partial charge < -0.3 is 10.4 Å². The van der Waals surface area contributed by atoms with Crippen LogP contribution in [0.2, 0.25) is 0 Å². The van der Waals surface area contributed by atoms with Crippen LogP contribution in [0.15, 0.2) is 42.5 Å². The Kier molecular flexibility index (Phi) is 2.84. The molecule has 0 aliphatic heterocycles. The van der Waals surface area contributed by atoms with Gasteiger partial charge in [0.1, 0.15) is 0 Å². The van der Waals surface area contributed by atoms with Gasteiger partial charge in [-0.25, -0.2) is 0 Å². The average Bonchev–Trinajstić information content (AvgIpc) is 2.25. The van der Waals surface area contributed by atoms with Gasteiger partial charge in [0, 0.05) is 17.6 Å². The highest BCUT2D eigenvalue weighted by Crippen LogP contribution is 2.23. The number of aliphatic hydroxyl groups is 1. The predicted octanol–water partition coefficient (Wildman–Crippen LogP) is 3.02. The molecule has 0 saturated carbocycles. The average molecular weight is 215 g/mol. The van der Waals surface area contributed by atoms with Crippen molar-refractivity contribution in [1.29, 1.82) is 0 Å². The van der Waals surface area contributed by atoms with Gasteiger partial charge in [0.05, 0.1) is 5.60 Å². The molecule has 0 saturated heterocycles. The van der Waals surface area contributed by atoms with Gasteiger partial charge in [0.2, 0.25) is 0 Å². The van der Waals surface area contributed by atoms with E-state index in [9.17, 15) is 5.11 Å². The van der Waals surface area contributed by atoms with Gasteiger partial charge >= 0.3 is 0 Å². The first-order valence-corrected chi connectivity index (χ1v) is 5.50. The van der Waals surface area contributed by atoms with Gasteiger partial charge in [-0.05, 0) is 25.3 Å². The van der Waals surface area contributed by atoms with Crippen molar-refractivity contribution >= 4 is 16.5 Å². The SMILES string of the molecule is CC(C)(O)CNc1cccc2ccccc12. The van der Waals surface area contributed by atoms with Gasteiger partial charge in [-0.15, -0.1) is 0 Å². The number of benzene rings is 2. The predicted molar refractivity (Wildman–Crippen MR) is 68.7 cm³/mol. The molecule has 0 aliphatic rings.